The Morgan fingerprint density at radius 2 is 2.38 bits per heavy atom. The van der Waals surface area contributed by atoms with Crippen LogP contribution in [-0.2, 0) is 4.74 Å². The van der Waals surface area contributed by atoms with Crippen LogP contribution in [0.2, 0.25) is 0 Å². The average Bonchev–Trinajstić information content (AvgIpc) is 2.88. The number of nitrogens with zero attached hydrogens (tertiary/aromatic N) is 1. The number of thiazole rings is 1. The molecule has 2 rings (SSSR count). The summed E-state index contributed by atoms with van der Waals surface area (Å²) < 4.78 is 4.67. The number of esters is 1. The van der Waals surface area contributed by atoms with Gasteiger partial charge in [-0.2, -0.15) is 11.3 Å². The Kier molecular flexibility index (Phi) is 3.21. The molecular weight excluding hydrogens is 244 g/mol. The maximum absolute atomic E-state index is 11.4. The van der Waals surface area contributed by atoms with Gasteiger partial charge < -0.3 is 10.1 Å². The molecule has 0 amide bonds. The van der Waals surface area contributed by atoms with Gasteiger partial charge in [0.05, 0.1) is 18.5 Å². The Morgan fingerprint density at radius 1 is 1.56 bits per heavy atom. The highest BCUT2D eigenvalue weighted by atomic mass is 32.1. The van der Waals surface area contributed by atoms with Crippen LogP contribution in [0.1, 0.15) is 15.4 Å². The van der Waals surface area contributed by atoms with E-state index in [0.29, 0.717) is 15.7 Å². The van der Waals surface area contributed by atoms with Crippen molar-refractivity contribution in [2.75, 3.05) is 12.4 Å². The van der Waals surface area contributed by atoms with Crippen molar-refractivity contribution in [2.45, 2.75) is 6.92 Å². The minimum absolute atomic E-state index is 0.339. The summed E-state index contributed by atoms with van der Waals surface area (Å²) in [6.45, 7) is 1.79. The first-order valence-electron chi connectivity index (χ1n) is 4.55. The number of carbonyl (C=O) groups is 1. The highest BCUT2D eigenvalue weighted by Crippen LogP contribution is 2.26. The van der Waals surface area contributed by atoms with Crippen LogP contribution in [0.3, 0.4) is 0 Å². The maximum atomic E-state index is 11.4. The molecule has 0 aromatic carbocycles. The van der Waals surface area contributed by atoms with E-state index in [9.17, 15) is 4.79 Å². The second-order valence-electron chi connectivity index (χ2n) is 3.06. The fourth-order valence-corrected chi connectivity index (χ4v) is 2.68. The molecule has 6 heteroatoms. The Morgan fingerprint density at radius 3 is 3.00 bits per heavy atom. The summed E-state index contributed by atoms with van der Waals surface area (Å²) in [5.74, 6) is -0.339. The quantitative estimate of drug-likeness (QED) is 0.855. The van der Waals surface area contributed by atoms with Gasteiger partial charge in [-0.25, -0.2) is 9.78 Å². The van der Waals surface area contributed by atoms with Gasteiger partial charge in [-0.3, -0.25) is 0 Å². The fraction of sp³-hybridized carbons (Fsp3) is 0.200. The van der Waals surface area contributed by atoms with Crippen LogP contribution < -0.4 is 5.32 Å². The molecule has 84 valence electrons. The van der Waals surface area contributed by atoms with Gasteiger partial charge in [0.25, 0.3) is 0 Å². The minimum Gasteiger partial charge on any atom is -0.465 e. The summed E-state index contributed by atoms with van der Waals surface area (Å²) in [5, 5.41) is 7.80. The topological polar surface area (TPSA) is 51.2 Å². The lowest BCUT2D eigenvalue weighted by Crippen LogP contribution is -1.99. The number of rotatable bonds is 3. The Bertz CT molecular complexity index is 491. The summed E-state index contributed by atoms with van der Waals surface area (Å²) in [6, 6.07) is 1.96. The second kappa shape index (κ2) is 4.63. The number of ether oxygens (including phenoxy) is 1. The van der Waals surface area contributed by atoms with E-state index in [2.05, 4.69) is 15.0 Å². The molecule has 1 N–H and O–H groups in total. The monoisotopic (exact) mass is 254 g/mol. The van der Waals surface area contributed by atoms with Crippen LogP contribution in [-0.4, -0.2) is 18.1 Å². The molecule has 0 fully saturated rings. The van der Waals surface area contributed by atoms with E-state index in [4.69, 9.17) is 0 Å². The highest BCUT2D eigenvalue weighted by Gasteiger charge is 2.15. The number of methoxy groups -OCH3 is 1. The number of thiophene rings is 1. The first kappa shape index (κ1) is 11.1. The molecule has 0 saturated heterocycles. The zero-order chi connectivity index (χ0) is 11.5. The number of hydrogen-bond donors (Lipinski definition) is 1. The Hall–Kier alpha value is -1.40. The normalized spacial score (nSPS) is 10.1. The lowest BCUT2D eigenvalue weighted by Gasteiger charge is -1.96. The molecule has 0 aliphatic heterocycles. The van der Waals surface area contributed by atoms with E-state index < -0.39 is 0 Å². The Balaban J connectivity index is 2.21. The van der Waals surface area contributed by atoms with Gasteiger partial charge in [-0.15, -0.1) is 0 Å². The molecule has 0 atom stereocenters. The van der Waals surface area contributed by atoms with Crippen molar-refractivity contribution in [2.24, 2.45) is 0 Å². The van der Waals surface area contributed by atoms with Crippen molar-refractivity contribution in [3.05, 3.63) is 27.4 Å². The molecule has 4 nitrogen and oxygen atoms in total. The number of aromatic nitrogens is 1. The van der Waals surface area contributed by atoms with Crippen LogP contribution in [0, 0.1) is 6.92 Å². The highest BCUT2D eigenvalue weighted by molar-refractivity contribution is 7.17. The van der Waals surface area contributed by atoms with Gasteiger partial charge in [0, 0.05) is 5.38 Å². The smallest absolute Gasteiger partial charge is 0.350 e. The largest absolute Gasteiger partial charge is 0.465 e. The number of hydrogen-bond acceptors (Lipinski definition) is 6. The summed E-state index contributed by atoms with van der Waals surface area (Å²) >= 11 is 2.90. The molecule has 0 saturated carbocycles. The molecule has 2 heterocycles. The van der Waals surface area contributed by atoms with Gasteiger partial charge in [-0.05, 0) is 18.4 Å². The first-order valence-corrected chi connectivity index (χ1v) is 6.31. The SMILES string of the molecule is COC(=O)c1sc(Nc2ccsc2)nc1C. The van der Waals surface area contributed by atoms with Crippen molar-refractivity contribution in [1.82, 2.24) is 4.98 Å². The summed E-state index contributed by atoms with van der Waals surface area (Å²) in [7, 11) is 1.37. The van der Waals surface area contributed by atoms with Crippen molar-refractivity contribution >= 4 is 39.5 Å². The van der Waals surface area contributed by atoms with Gasteiger partial charge >= 0.3 is 5.97 Å². The molecule has 2 aromatic heterocycles. The minimum atomic E-state index is -0.339. The Labute approximate surface area is 101 Å². The van der Waals surface area contributed by atoms with E-state index in [1.54, 1.807) is 18.3 Å². The zero-order valence-corrected chi connectivity index (χ0v) is 10.4. The van der Waals surface area contributed by atoms with E-state index in [1.807, 2.05) is 16.8 Å². The molecule has 0 aliphatic rings. The molecule has 0 aliphatic carbocycles. The average molecular weight is 254 g/mol. The number of aryl methyl sites for hydroxylation is 1. The standard InChI is InChI=1S/C10H10N2O2S2/c1-6-8(9(13)14-2)16-10(11-6)12-7-3-4-15-5-7/h3-5H,1-2H3,(H,11,12). The van der Waals surface area contributed by atoms with E-state index in [1.165, 1.54) is 18.4 Å². The molecule has 0 bridgehead atoms. The van der Waals surface area contributed by atoms with Crippen molar-refractivity contribution in [1.29, 1.82) is 0 Å². The third-order valence-corrected chi connectivity index (χ3v) is 3.68. The van der Waals surface area contributed by atoms with Crippen LogP contribution in [0.5, 0.6) is 0 Å². The molecular formula is C10H10N2O2S2. The van der Waals surface area contributed by atoms with Crippen LogP contribution in [0.4, 0.5) is 10.8 Å². The second-order valence-corrected chi connectivity index (χ2v) is 4.84. The van der Waals surface area contributed by atoms with Crippen molar-refractivity contribution in [3.63, 3.8) is 0 Å². The van der Waals surface area contributed by atoms with Gasteiger partial charge in [0.15, 0.2) is 5.13 Å². The molecule has 0 spiro atoms. The zero-order valence-electron chi connectivity index (χ0n) is 8.81. The fourth-order valence-electron chi connectivity index (χ4n) is 1.19. The summed E-state index contributed by atoms with van der Waals surface area (Å²) in [4.78, 5) is 16.2. The summed E-state index contributed by atoms with van der Waals surface area (Å²) in [5.41, 5.74) is 1.67. The lowest BCUT2D eigenvalue weighted by atomic mass is 10.4. The maximum Gasteiger partial charge on any atom is 0.350 e. The molecule has 0 radical (unpaired) electrons. The molecule has 2 aromatic rings. The predicted molar refractivity (Wildman–Crippen MR) is 65.8 cm³/mol. The van der Waals surface area contributed by atoms with Crippen LogP contribution in [0.25, 0.3) is 0 Å². The third kappa shape index (κ3) is 2.23. The first-order chi connectivity index (χ1) is 7.70. The predicted octanol–water partition coefficient (Wildman–Crippen LogP) is 3.04. The molecule has 16 heavy (non-hydrogen) atoms. The van der Waals surface area contributed by atoms with Crippen LogP contribution >= 0.6 is 22.7 Å². The van der Waals surface area contributed by atoms with E-state index in [0.717, 1.165) is 5.69 Å². The van der Waals surface area contributed by atoms with E-state index >= 15 is 0 Å². The van der Waals surface area contributed by atoms with Gasteiger partial charge in [0.2, 0.25) is 0 Å². The van der Waals surface area contributed by atoms with E-state index in [-0.39, 0.29) is 5.97 Å². The van der Waals surface area contributed by atoms with Gasteiger partial charge in [-0.1, -0.05) is 11.3 Å². The van der Waals surface area contributed by atoms with Gasteiger partial charge in [0.1, 0.15) is 4.88 Å². The molecule has 0 unspecified atom stereocenters. The third-order valence-electron chi connectivity index (χ3n) is 1.94. The van der Waals surface area contributed by atoms with Crippen LogP contribution in [0.15, 0.2) is 16.8 Å². The summed E-state index contributed by atoms with van der Waals surface area (Å²) in [6.07, 6.45) is 0. The number of anilines is 2. The number of carbonyl (C=O) groups excluding carboxylic acids is 1. The number of nitrogens with one attached hydrogen (secondary N) is 1. The van der Waals surface area contributed by atoms with Crippen molar-refractivity contribution in [3.8, 4) is 0 Å². The lowest BCUT2D eigenvalue weighted by molar-refractivity contribution is 0.0605. The van der Waals surface area contributed by atoms with Crippen molar-refractivity contribution < 1.29 is 9.53 Å².